The topological polar surface area (TPSA) is 90.4 Å². The van der Waals surface area contributed by atoms with Crippen LogP contribution < -0.4 is 0 Å². The van der Waals surface area contributed by atoms with E-state index in [9.17, 15) is 19.5 Å². The van der Waals surface area contributed by atoms with Gasteiger partial charge in [-0.05, 0) is 17.9 Å². The fourth-order valence-corrected chi connectivity index (χ4v) is 6.57. The summed E-state index contributed by atoms with van der Waals surface area (Å²) in [6.45, 7) is 7.45. The van der Waals surface area contributed by atoms with Gasteiger partial charge in [-0.2, -0.15) is 0 Å². The molecule has 2 saturated heterocycles. The zero-order valence-electron chi connectivity index (χ0n) is 21.8. The lowest BCUT2D eigenvalue weighted by atomic mass is 9.77. The van der Waals surface area contributed by atoms with Crippen molar-refractivity contribution in [2.75, 3.05) is 26.2 Å². The number of carbonyl (C=O) groups excluding carboxylic acids is 3. The van der Waals surface area contributed by atoms with Gasteiger partial charge in [0.1, 0.15) is 11.6 Å². The number of ether oxygens (including phenoxy) is 1. The number of carbonyl (C=O) groups is 3. The Morgan fingerprint density at radius 1 is 1.03 bits per heavy atom. The number of nitrogens with zero attached hydrogens (tertiary/aromatic N) is 3. The molecular formula is C29H37N3O5. The lowest BCUT2D eigenvalue weighted by molar-refractivity contribution is -0.152. The first-order valence-electron chi connectivity index (χ1n) is 13.4. The molecule has 3 amide bonds. The first kappa shape index (κ1) is 25.7. The Kier molecular flexibility index (Phi) is 6.98. The van der Waals surface area contributed by atoms with E-state index in [1.54, 1.807) is 14.7 Å². The van der Waals surface area contributed by atoms with Gasteiger partial charge >= 0.3 is 0 Å². The predicted molar refractivity (Wildman–Crippen MR) is 138 cm³/mol. The number of hydrogen-bond acceptors (Lipinski definition) is 5. The molecule has 6 atom stereocenters. The summed E-state index contributed by atoms with van der Waals surface area (Å²) in [5.74, 6) is -2.25. The van der Waals surface area contributed by atoms with Crippen LogP contribution in [0, 0.1) is 17.8 Å². The van der Waals surface area contributed by atoms with Crippen molar-refractivity contribution < 1.29 is 24.2 Å². The molecule has 0 aliphatic carbocycles. The van der Waals surface area contributed by atoms with Gasteiger partial charge in [0.25, 0.3) is 0 Å². The Morgan fingerprint density at radius 3 is 2.43 bits per heavy atom. The van der Waals surface area contributed by atoms with E-state index in [1.165, 1.54) is 0 Å². The van der Waals surface area contributed by atoms with E-state index in [-0.39, 0.29) is 30.2 Å². The molecule has 8 heteroatoms. The van der Waals surface area contributed by atoms with Crippen LogP contribution in [0.15, 0.2) is 54.6 Å². The van der Waals surface area contributed by atoms with Crippen molar-refractivity contribution in [3.05, 3.63) is 60.2 Å². The summed E-state index contributed by atoms with van der Waals surface area (Å²) in [7, 11) is 0. The quantitative estimate of drug-likeness (QED) is 0.570. The number of likely N-dealkylation sites (tertiary alicyclic amines) is 1. The standard InChI is InChI=1S/C29H37N3O5/c1-4-14-30-15-8-12-22-23(26(30)34)24-27(35)32(21(18-33)19(2)3)25-28(36)31(16-9-13-29(24,25)37-22)17-20-10-6-5-7-11-20/h5-13,19,21-25,33H,4,14-18H2,1-3H3/t21-,22+,23-,24-,25?,29-/m0/s1. The van der Waals surface area contributed by atoms with Crippen molar-refractivity contribution in [3.63, 3.8) is 0 Å². The normalized spacial score (nSPS) is 31.9. The van der Waals surface area contributed by atoms with Crippen LogP contribution in [0.5, 0.6) is 0 Å². The predicted octanol–water partition coefficient (Wildman–Crippen LogP) is 1.99. The molecule has 4 aliphatic rings. The summed E-state index contributed by atoms with van der Waals surface area (Å²) in [4.78, 5) is 47.5. The second kappa shape index (κ2) is 10.1. The molecule has 5 rings (SSSR count). The molecule has 1 unspecified atom stereocenters. The highest BCUT2D eigenvalue weighted by atomic mass is 16.5. The van der Waals surface area contributed by atoms with Gasteiger partial charge in [-0.15, -0.1) is 0 Å². The summed E-state index contributed by atoms with van der Waals surface area (Å²) in [5.41, 5.74) is -0.284. The number of aliphatic hydroxyl groups is 1. The smallest absolute Gasteiger partial charge is 0.249 e. The van der Waals surface area contributed by atoms with Crippen molar-refractivity contribution in [1.82, 2.24) is 14.7 Å². The van der Waals surface area contributed by atoms with Gasteiger partial charge < -0.3 is 24.5 Å². The molecule has 4 heterocycles. The zero-order chi connectivity index (χ0) is 26.3. The van der Waals surface area contributed by atoms with Crippen LogP contribution in [-0.2, 0) is 25.7 Å². The third-order valence-electron chi connectivity index (χ3n) is 8.29. The minimum atomic E-state index is -1.27. The molecule has 8 nitrogen and oxygen atoms in total. The maximum absolute atomic E-state index is 14.3. The fraction of sp³-hybridized carbons (Fsp3) is 0.552. The molecule has 1 aromatic rings. The Bertz CT molecular complexity index is 1100. The second-order valence-electron chi connectivity index (χ2n) is 10.9. The van der Waals surface area contributed by atoms with Crippen molar-refractivity contribution in [1.29, 1.82) is 0 Å². The second-order valence-corrected chi connectivity index (χ2v) is 10.9. The van der Waals surface area contributed by atoms with Crippen LogP contribution in [0.3, 0.4) is 0 Å². The molecule has 2 fully saturated rings. The third kappa shape index (κ3) is 4.10. The molecule has 1 aromatic carbocycles. The third-order valence-corrected chi connectivity index (χ3v) is 8.29. The summed E-state index contributed by atoms with van der Waals surface area (Å²) in [6, 6.07) is 8.22. The molecule has 0 bridgehead atoms. The highest BCUT2D eigenvalue weighted by molar-refractivity contribution is 6.00. The monoisotopic (exact) mass is 507 g/mol. The Balaban J connectivity index is 1.60. The number of fused-ring (bicyclic) bond motifs is 2. The van der Waals surface area contributed by atoms with Gasteiger partial charge in [0.15, 0.2) is 0 Å². The maximum Gasteiger partial charge on any atom is 0.249 e. The van der Waals surface area contributed by atoms with Crippen LogP contribution in [0.25, 0.3) is 0 Å². The van der Waals surface area contributed by atoms with Crippen molar-refractivity contribution in [3.8, 4) is 0 Å². The SMILES string of the molecule is CCCN1CC=C[C@H]2O[C@]34C=CCN(Cc5ccccc5)C(=O)C3N([C@@H](CO)C(C)C)C(=O)[C@@H]4[C@H]2C1=O. The van der Waals surface area contributed by atoms with Gasteiger partial charge in [-0.1, -0.05) is 75.4 Å². The molecule has 4 aliphatic heterocycles. The van der Waals surface area contributed by atoms with E-state index < -0.39 is 35.6 Å². The summed E-state index contributed by atoms with van der Waals surface area (Å²) in [6.07, 6.45) is 7.80. The van der Waals surface area contributed by atoms with E-state index >= 15 is 0 Å². The summed E-state index contributed by atoms with van der Waals surface area (Å²) < 4.78 is 6.67. The Morgan fingerprint density at radius 2 is 1.76 bits per heavy atom. The van der Waals surface area contributed by atoms with Crippen LogP contribution in [0.4, 0.5) is 0 Å². The van der Waals surface area contributed by atoms with Crippen LogP contribution in [-0.4, -0.2) is 87.6 Å². The largest absolute Gasteiger partial charge is 0.394 e. The molecule has 37 heavy (non-hydrogen) atoms. The van der Waals surface area contributed by atoms with E-state index in [4.69, 9.17) is 4.74 Å². The molecule has 0 radical (unpaired) electrons. The van der Waals surface area contributed by atoms with E-state index in [0.717, 1.165) is 12.0 Å². The highest BCUT2D eigenvalue weighted by Crippen LogP contribution is 2.54. The van der Waals surface area contributed by atoms with Crippen LogP contribution >= 0.6 is 0 Å². The molecule has 1 N–H and O–H groups in total. The fourth-order valence-electron chi connectivity index (χ4n) is 6.57. The van der Waals surface area contributed by atoms with E-state index in [2.05, 4.69) is 0 Å². The Hall–Kier alpha value is -2.97. The minimum absolute atomic E-state index is 0.0930. The lowest BCUT2D eigenvalue weighted by Gasteiger charge is -2.39. The van der Waals surface area contributed by atoms with Gasteiger partial charge in [-0.25, -0.2) is 0 Å². The van der Waals surface area contributed by atoms with E-state index in [1.807, 2.05) is 75.4 Å². The van der Waals surface area contributed by atoms with Gasteiger partial charge in [0.05, 0.1) is 30.6 Å². The summed E-state index contributed by atoms with van der Waals surface area (Å²) in [5, 5.41) is 10.4. The minimum Gasteiger partial charge on any atom is -0.394 e. The highest BCUT2D eigenvalue weighted by Gasteiger charge is 2.72. The molecule has 198 valence electrons. The number of amides is 3. The lowest BCUT2D eigenvalue weighted by Crippen LogP contribution is -2.59. The van der Waals surface area contributed by atoms with Crippen LogP contribution in [0.2, 0.25) is 0 Å². The zero-order valence-corrected chi connectivity index (χ0v) is 21.8. The first-order valence-corrected chi connectivity index (χ1v) is 13.4. The average molecular weight is 508 g/mol. The average Bonchev–Trinajstić information content (AvgIpc) is 3.20. The van der Waals surface area contributed by atoms with E-state index in [0.29, 0.717) is 26.2 Å². The molecule has 1 spiro atoms. The summed E-state index contributed by atoms with van der Waals surface area (Å²) >= 11 is 0. The number of aliphatic hydroxyl groups excluding tert-OH is 1. The van der Waals surface area contributed by atoms with Crippen molar-refractivity contribution >= 4 is 17.7 Å². The van der Waals surface area contributed by atoms with Crippen LogP contribution in [0.1, 0.15) is 32.8 Å². The van der Waals surface area contributed by atoms with Crippen molar-refractivity contribution in [2.24, 2.45) is 17.8 Å². The number of hydrogen-bond donors (Lipinski definition) is 1. The molecular weight excluding hydrogens is 470 g/mol. The van der Waals surface area contributed by atoms with Gasteiger partial charge in [0, 0.05) is 26.2 Å². The molecule has 0 aromatic heterocycles. The van der Waals surface area contributed by atoms with Gasteiger partial charge in [0.2, 0.25) is 17.7 Å². The Labute approximate surface area is 218 Å². The first-order chi connectivity index (χ1) is 17.8. The number of rotatable bonds is 7. The van der Waals surface area contributed by atoms with Gasteiger partial charge in [-0.3, -0.25) is 14.4 Å². The number of benzene rings is 1. The van der Waals surface area contributed by atoms with Crippen molar-refractivity contribution in [2.45, 2.75) is 57.5 Å². The maximum atomic E-state index is 14.3. The molecule has 0 saturated carbocycles.